The summed E-state index contributed by atoms with van der Waals surface area (Å²) >= 11 is 0. The van der Waals surface area contributed by atoms with Gasteiger partial charge >= 0.3 is 6.03 Å². The third-order valence-electron chi connectivity index (χ3n) is 8.06. The number of benzene rings is 3. The lowest BCUT2D eigenvalue weighted by Crippen LogP contribution is -2.71. The summed E-state index contributed by atoms with van der Waals surface area (Å²) in [5.41, 5.74) is 1.96. The first kappa shape index (κ1) is 29.8. The summed E-state index contributed by atoms with van der Waals surface area (Å²) in [5.74, 6) is -2.09. The van der Waals surface area contributed by atoms with Gasteiger partial charge in [0.05, 0.1) is 31.5 Å². The van der Waals surface area contributed by atoms with Crippen molar-refractivity contribution < 1.29 is 28.6 Å². The molecule has 0 bridgehead atoms. The van der Waals surface area contributed by atoms with Gasteiger partial charge < -0.3 is 20.1 Å². The highest BCUT2D eigenvalue weighted by atomic mass is 19.1. The zero-order valence-corrected chi connectivity index (χ0v) is 24.0. The molecule has 3 amide bonds. The molecule has 3 aromatic rings. The molecule has 2 aliphatic rings. The number of phenols is 1. The molecule has 3 unspecified atom stereocenters. The molecule has 0 radical (unpaired) electrons. The van der Waals surface area contributed by atoms with E-state index in [1.807, 2.05) is 30.3 Å². The number of methoxy groups -OCH3 is 1. The molecule has 3 aromatic carbocycles. The van der Waals surface area contributed by atoms with Crippen LogP contribution in [0.15, 0.2) is 85.5 Å². The first-order valence-electron chi connectivity index (χ1n) is 14.2. The van der Waals surface area contributed by atoms with Crippen LogP contribution in [0.3, 0.4) is 0 Å². The summed E-state index contributed by atoms with van der Waals surface area (Å²) in [6.45, 7) is 4.27. The number of ketones is 1. The third-order valence-corrected chi connectivity index (χ3v) is 8.06. The van der Waals surface area contributed by atoms with Crippen molar-refractivity contribution in [2.45, 2.75) is 25.6 Å². The summed E-state index contributed by atoms with van der Waals surface area (Å²) in [6.07, 6.45) is 1.84. The number of nitrogens with zero attached hydrogens (tertiary/aromatic N) is 3. The summed E-state index contributed by atoms with van der Waals surface area (Å²) in [6, 6.07) is 19.3. The van der Waals surface area contributed by atoms with Gasteiger partial charge in [0.25, 0.3) is 0 Å². The lowest BCUT2D eigenvalue weighted by atomic mass is 9.74. The molecular formula is C33H35FN4O5. The van der Waals surface area contributed by atoms with Gasteiger partial charge in [-0.05, 0) is 35.7 Å². The van der Waals surface area contributed by atoms with E-state index in [9.17, 15) is 19.5 Å². The Morgan fingerprint density at radius 3 is 2.51 bits per heavy atom. The van der Waals surface area contributed by atoms with E-state index in [4.69, 9.17) is 4.74 Å². The molecule has 0 aromatic heterocycles. The van der Waals surface area contributed by atoms with E-state index in [1.54, 1.807) is 40.4 Å². The number of Topliss-reactive ketones (excluding diaryl/α,β-unsaturated/α-hetero) is 1. The van der Waals surface area contributed by atoms with Gasteiger partial charge in [-0.1, -0.05) is 54.6 Å². The van der Waals surface area contributed by atoms with Gasteiger partial charge in [0.2, 0.25) is 5.91 Å². The summed E-state index contributed by atoms with van der Waals surface area (Å²) in [5, 5.41) is 15.9. The van der Waals surface area contributed by atoms with Crippen molar-refractivity contribution in [1.29, 1.82) is 0 Å². The maximum Gasteiger partial charge on any atom is 0.332 e. The van der Waals surface area contributed by atoms with Crippen LogP contribution in [-0.2, 0) is 29.1 Å². The highest BCUT2D eigenvalue weighted by Gasteiger charge is 2.53. The average molecular weight is 587 g/mol. The SMILES string of the molecule is C=CCN1CC(=O)C2C(Cc3ccc(O)cc3)C(=O)N(Cc3ccc(OC)cc3F)CC2N1C(=O)NCc1ccccc1. The van der Waals surface area contributed by atoms with E-state index in [-0.39, 0.29) is 56.6 Å². The second kappa shape index (κ2) is 13.1. The van der Waals surface area contributed by atoms with Crippen molar-refractivity contribution in [2.24, 2.45) is 11.8 Å². The number of fused-ring (bicyclic) bond motifs is 1. The number of piperidine rings is 1. The number of likely N-dealkylation sites (tertiary alicyclic amines) is 1. The zero-order chi connectivity index (χ0) is 30.5. The molecule has 10 heteroatoms. The highest BCUT2D eigenvalue weighted by Crippen LogP contribution is 2.37. The smallest absolute Gasteiger partial charge is 0.332 e. The van der Waals surface area contributed by atoms with Crippen LogP contribution in [0.1, 0.15) is 16.7 Å². The number of amides is 3. The van der Waals surface area contributed by atoms with E-state index < -0.39 is 29.7 Å². The van der Waals surface area contributed by atoms with Gasteiger partial charge in [-0.25, -0.2) is 14.2 Å². The van der Waals surface area contributed by atoms with E-state index in [1.165, 1.54) is 30.2 Å². The number of hydrogen-bond acceptors (Lipinski definition) is 6. The van der Waals surface area contributed by atoms with Gasteiger partial charge in [0.1, 0.15) is 17.3 Å². The Kier molecular flexibility index (Phi) is 9.06. The molecule has 5 rings (SSSR count). The maximum absolute atomic E-state index is 15.0. The van der Waals surface area contributed by atoms with Gasteiger partial charge in [-0.15, -0.1) is 6.58 Å². The molecule has 0 aliphatic carbocycles. The number of carbonyl (C=O) groups is 3. The Morgan fingerprint density at radius 1 is 1.09 bits per heavy atom. The largest absolute Gasteiger partial charge is 0.508 e. The van der Waals surface area contributed by atoms with Crippen LogP contribution in [0.5, 0.6) is 11.5 Å². The number of hydrogen-bond donors (Lipinski definition) is 2. The molecule has 2 saturated heterocycles. The molecule has 3 atom stereocenters. The Balaban J connectivity index is 1.50. The lowest BCUT2D eigenvalue weighted by molar-refractivity contribution is -0.167. The average Bonchev–Trinajstić information content (AvgIpc) is 3.00. The summed E-state index contributed by atoms with van der Waals surface area (Å²) in [7, 11) is 1.45. The molecule has 0 saturated carbocycles. The summed E-state index contributed by atoms with van der Waals surface area (Å²) in [4.78, 5) is 43.1. The number of nitrogens with one attached hydrogen (secondary N) is 1. The Bertz CT molecular complexity index is 1480. The van der Waals surface area contributed by atoms with E-state index in [0.29, 0.717) is 11.3 Å². The number of aromatic hydroxyl groups is 1. The van der Waals surface area contributed by atoms with Crippen molar-refractivity contribution in [3.05, 3.63) is 108 Å². The van der Waals surface area contributed by atoms with Crippen LogP contribution >= 0.6 is 0 Å². The van der Waals surface area contributed by atoms with Crippen LogP contribution in [0.2, 0.25) is 0 Å². The first-order chi connectivity index (χ1) is 20.8. The molecule has 2 fully saturated rings. The number of halogens is 1. The summed E-state index contributed by atoms with van der Waals surface area (Å²) < 4.78 is 20.2. The normalized spacial score (nSPS) is 20.5. The predicted octanol–water partition coefficient (Wildman–Crippen LogP) is 3.92. The molecule has 9 nitrogen and oxygen atoms in total. The van der Waals surface area contributed by atoms with Crippen LogP contribution in [0.25, 0.3) is 0 Å². The number of rotatable bonds is 9. The highest BCUT2D eigenvalue weighted by molar-refractivity contribution is 5.93. The molecule has 2 heterocycles. The third kappa shape index (κ3) is 6.54. The molecule has 224 valence electrons. The van der Waals surface area contributed by atoms with Gasteiger partial charge in [0.15, 0.2) is 5.78 Å². The second-order valence-electron chi connectivity index (χ2n) is 10.8. The van der Waals surface area contributed by atoms with Crippen molar-refractivity contribution in [3.63, 3.8) is 0 Å². The quantitative estimate of drug-likeness (QED) is 0.369. The standard InChI is InChI=1S/C33H35FN4O5/c1-3-15-37-21-30(40)31-27(16-22-9-12-25(39)13-10-22)32(41)36(19-24-11-14-26(43-2)17-28(24)34)20-29(31)38(37)33(42)35-18-23-7-5-4-6-8-23/h3-14,17,27,29,31,39H,1,15-16,18-21H2,2H3,(H,35,42). The van der Waals surface area contributed by atoms with Crippen LogP contribution in [-0.4, -0.2) is 70.5 Å². The fourth-order valence-electron chi connectivity index (χ4n) is 5.99. The Labute approximate surface area is 250 Å². The van der Waals surface area contributed by atoms with Crippen LogP contribution in [0, 0.1) is 17.7 Å². The van der Waals surface area contributed by atoms with Gasteiger partial charge in [-0.2, -0.15) is 0 Å². The Hall–Kier alpha value is -4.70. The van der Waals surface area contributed by atoms with Crippen molar-refractivity contribution in [2.75, 3.05) is 26.7 Å². The monoisotopic (exact) mass is 586 g/mol. The van der Waals surface area contributed by atoms with Crippen molar-refractivity contribution in [3.8, 4) is 11.5 Å². The van der Waals surface area contributed by atoms with E-state index in [0.717, 1.165) is 11.1 Å². The number of urea groups is 1. The molecule has 43 heavy (non-hydrogen) atoms. The minimum Gasteiger partial charge on any atom is -0.508 e. The zero-order valence-electron chi connectivity index (χ0n) is 24.0. The van der Waals surface area contributed by atoms with Crippen LogP contribution in [0.4, 0.5) is 9.18 Å². The van der Waals surface area contributed by atoms with Crippen molar-refractivity contribution in [1.82, 2.24) is 20.2 Å². The topological polar surface area (TPSA) is 102 Å². The minimum absolute atomic E-state index is 0.0409. The molecule has 0 spiro atoms. The number of ether oxygens (including phenoxy) is 1. The molecule has 2 aliphatic heterocycles. The maximum atomic E-state index is 15.0. The second-order valence-corrected chi connectivity index (χ2v) is 10.8. The fraction of sp³-hybridized carbons (Fsp3) is 0.303. The lowest BCUT2D eigenvalue weighted by Gasteiger charge is -2.52. The number of phenolic OH excluding ortho intramolecular Hbond substituents is 1. The van der Waals surface area contributed by atoms with Crippen molar-refractivity contribution >= 4 is 17.7 Å². The van der Waals surface area contributed by atoms with Gasteiger partial charge in [0, 0.05) is 37.8 Å². The predicted molar refractivity (Wildman–Crippen MR) is 158 cm³/mol. The minimum atomic E-state index is -0.799. The first-order valence-corrected chi connectivity index (χ1v) is 14.2. The fourth-order valence-corrected chi connectivity index (χ4v) is 5.99. The number of carbonyl (C=O) groups excluding carboxylic acids is 3. The Morgan fingerprint density at radius 2 is 1.84 bits per heavy atom. The van der Waals surface area contributed by atoms with Gasteiger partial charge in [-0.3, -0.25) is 14.6 Å². The van der Waals surface area contributed by atoms with E-state index >= 15 is 4.39 Å². The molecule has 2 N–H and O–H groups in total. The molecular weight excluding hydrogens is 551 g/mol. The van der Waals surface area contributed by atoms with Crippen LogP contribution < -0.4 is 10.1 Å². The number of hydrazine groups is 1. The van der Waals surface area contributed by atoms with E-state index in [2.05, 4.69) is 11.9 Å².